The van der Waals surface area contributed by atoms with E-state index in [4.69, 9.17) is 9.84 Å². The summed E-state index contributed by atoms with van der Waals surface area (Å²) in [6.45, 7) is 1.85. The van der Waals surface area contributed by atoms with E-state index >= 15 is 0 Å². The third-order valence-electron chi connectivity index (χ3n) is 2.73. The summed E-state index contributed by atoms with van der Waals surface area (Å²) < 4.78 is 19.3. The van der Waals surface area contributed by atoms with Crippen LogP contribution in [0.3, 0.4) is 0 Å². The van der Waals surface area contributed by atoms with Crippen molar-refractivity contribution >= 4 is 28.0 Å². The summed E-state index contributed by atoms with van der Waals surface area (Å²) in [5.41, 5.74) is 1.61. The summed E-state index contributed by atoms with van der Waals surface area (Å²) in [7, 11) is 0. The van der Waals surface area contributed by atoms with Crippen molar-refractivity contribution in [1.29, 1.82) is 0 Å². The highest BCUT2D eigenvalue weighted by molar-refractivity contribution is 9.10. The number of halogens is 2. The van der Waals surface area contributed by atoms with E-state index in [1.165, 1.54) is 24.3 Å². The van der Waals surface area contributed by atoms with E-state index in [-0.39, 0.29) is 5.82 Å². The van der Waals surface area contributed by atoms with Crippen molar-refractivity contribution in [2.45, 2.75) is 6.92 Å². The molecule has 0 spiro atoms. The van der Waals surface area contributed by atoms with Crippen LogP contribution >= 0.6 is 15.9 Å². The van der Waals surface area contributed by atoms with Crippen LogP contribution in [-0.2, 0) is 4.79 Å². The van der Waals surface area contributed by atoms with Crippen molar-refractivity contribution < 1.29 is 19.0 Å². The number of hydrogen-bond donors (Lipinski definition) is 1. The molecule has 0 aliphatic rings. The molecule has 0 aliphatic heterocycles. The normalized spacial score (nSPS) is 10.8. The maximum absolute atomic E-state index is 13.0. The Morgan fingerprint density at radius 3 is 2.57 bits per heavy atom. The van der Waals surface area contributed by atoms with Crippen molar-refractivity contribution in [3.05, 3.63) is 63.9 Å². The van der Waals surface area contributed by atoms with Crippen LogP contribution in [0.5, 0.6) is 11.5 Å². The Morgan fingerprint density at radius 1 is 1.24 bits per heavy atom. The molecular formula is C16H12BrFO3. The van der Waals surface area contributed by atoms with Gasteiger partial charge in [0.2, 0.25) is 0 Å². The van der Waals surface area contributed by atoms with Crippen molar-refractivity contribution in [1.82, 2.24) is 0 Å². The van der Waals surface area contributed by atoms with E-state index in [2.05, 4.69) is 15.9 Å². The Bertz CT molecular complexity index is 711. The Balaban J connectivity index is 2.23. The van der Waals surface area contributed by atoms with Gasteiger partial charge in [0.1, 0.15) is 17.3 Å². The summed E-state index contributed by atoms with van der Waals surface area (Å²) in [6.07, 6.45) is 2.58. The molecule has 0 saturated heterocycles. The Kier molecular flexibility index (Phi) is 4.75. The molecule has 0 amide bonds. The van der Waals surface area contributed by atoms with Crippen LogP contribution in [-0.4, -0.2) is 11.1 Å². The van der Waals surface area contributed by atoms with Crippen LogP contribution in [0, 0.1) is 12.7 Å². The molecule has 1 N–H and O–H groups in total. The molecule has 0 heterocycles. The molecule has 0 bridgehead atoms. The fourth-order valence-electron chi connectivity index (χ4n) is 1.73. The zero-order valence-electron chi connectivity index (χ0n) is 11.1. The first kappa shape index (κ1) is 15.3. The molecule has 0 radical (unpaired) electrons. The molecule has 0 atom stereocenters. The standard InChI is InChI=1S/C16H12BrFO3/c1-10-8-11(3-7-16(19)20)2-5-14(10)21-15-6-4-12(18)9-13(15)17/h2-9H,1H3,(H,19,20). The van der Waals surface area contributed by atoms with Gasteiger partial charge >= 0.3 is 5.97 Å². The number of hydrogen-bond acceptors (Lipinski definition) is 2. The maximum atomic E-state index is 13.0. The number of ether oxygens (including phenoxy) is 1. The van der Waals surface area contributed by atoms with Gasteiger partial charge in [-0.3, -0.25) is 0 Å². The summed E-state index contributed by atoms with van der Waals surface area (Å²) in [5, 5.41) is 8.60. The first-order valence-electron chi connectivity index (χ1n) is 6.10. The summed E-state index contributed by atoms with van der Waals surface area (Å²) in [5.74, 6) is -0.216. The van der Waals surface area contributed by atoms with Gasteiger partial charge in [0, 0.05) is 6.08 Å². The number of aliphatic carboxylic acids is 1. The van der Waals surface area contributed by atoms with Crippen molar-refractivity contribution in [2.75, 3.05) is 0 Å². The summed E-state index contributed by atoms with van der Waals surface area (Å²) in [4.78, 5) is 10.5. The van der Waals surface area contributed by atoms with E-state index < -0.39 is 5.97 Å². The monoisotopic (exact) mass is 350 g/mol. The van der Waals surface area contributed by atoms with Gasteiger partial charge in [-0.15, -0.1) is 0 Å². The number of rotatable bonds is 4. The highest BCUT2D eigenvalue weighted by atomic mass is 79.9. The molecule has 0 fully saturated rings. The van der Waals surface area contributed by atoms with Crippen molar-refractivity contribution in [3.63, 3.8) is 0 Å². The van der Waals surface area contributed by atoms with Gasteiger partial charge in [-0.05, 0) is 70.4 Å². The van der Waals surface area contributed by atoms with Gasteiger partial charge in [-0.1, -0.05) is 6.07 Å². The second-order valence-corrected chi connectivity index (χ2v) is 5.23. The predicted octanol–water partition coefficient (Wildman–Crippen LogP) is 4.79. The average Bonchev–Trinajstić information content (AvgIpc) is 2.42. The summed E-state index contributed by atoms with van der Waals surface area (Å²) >= 11 is 3.24. The van der Waals surface area contributed by atoms with Crippen LogP contribution in [0.15, 0.2) is 46.9 Å². The minimum Gasteiger partial charge on any atom is -0.478 e. The third-order valence-corrected chi connectivity index (χ3v) is 3.35. The van der Waals surface area contributed by atoms with Crippen LogP contribution in [0.25, 0.3) is 6.08 Å². The predicted molar refractivity (Wildman–Crippen MR) is 82.0 cm³/mol. The Morgan fingerprint density at radius 2 is 1.95 bits per heavy atom. The van der Waals surface area contributed by atoms with E-state index in [1.807, 2.05) is 13.0 Å². The van der Waals surface area contributed by atoms with Crippen LogP contribution in [0.2, 0.25) is 0 Å². The largest absolute Gasteiger partial charge is 0.478 e. The lowest BCUT2D eigenvalue weighted by Crippen LogP contribution is -1.90. The summed E-state index contributed by atoms with van der Waals surface area (Å²) in [6, 6.07) is 9.49. The molecule has 2 rings (SSSR count). The topological polar surface area (TPSA) is 46.5 Å². The molecule has 0 saturated carbocycles. The minimum absolute atomic E-state index is 0.347. The molecule has 21 heavy (non-hydrogen) atoms. The van der Waals surface area contributed by atoms with Gasteiger partial charge in [0.15, 0.2) is 0 Å². The van der Waals surface area contributed by atoms with E-state index in [9.17, 15) is 9.18 Å². The van der Waals surface area contributed by atoms with Gasteiger partial charge in [0.05, 0.1) is 4.47 Å². The first-order chi connectivity index (χ1) is 9.95. The lowest BCUT2D eigenvalue weighted by Gasteiger charge is -2.11. The molecule has 108 valence electrons. The second-order valence-electron chi connectivity index (χ2n) is 4.37. The lowest BCUT2D eigenvalue weighted by molar-refractivity contribution is -0.131. The lowest BCUT2D eigenvalue weighted by atomic mass is 10.1. The smallest absolute Gasteiger partial charge is 0.328 e. The number of carbonyl (C=O) groups is 1. The van der Waals surface area contributed by atoms with Crippen LogP contribution in [0.1, 0.15) is 11.1 Å². The fraction of sp³-hybridized carbons (Fsp3) is 0.0625. The molecule has 0 aromatic heterocycles. The van der Waals surface area contributed by atoms with E-state index in [0.717, 1.165) is 17.2 Å². The van der Waals surface area contributed by atoms with Gasteiger partial charge < -0.3 is 9.84 Å². The first-order valence-corrected chi connectivity index (χ1v) is 6.89. The third kappa shape index (κ3) is 4.16. The highest BCUT2D eigenvalue weighted by Crippen LogP contribution is 2.32. The van der Waals surface area contributed by atoms with Gasteiger partial charge in [-0.2, -0.15) is 0 Å². The molecule has 3 nitrogen and oxygen atoms in total. The molecule has 0 aliphatic carbocycles. The quantitative estimate of drug-likeness (QED) is 0.806. The van der Waals surface area contributed by atoms with Crippen LogP contribution < -0.4 is 4.74 Å². The zero-order chi connectivity index (χ0) is 15.4. The van der Waals surface area contributed by atoms with E-state index in [1.54, 1.807) is 12.1 Å². The highest BCUT2D eigenvalue weighted by Gasteiger charge is 2.06. The minimum atomic E-state index is -0.997. The number of aryl methyl sites for hydroxylation is 1. The van der Waals surface area contributed by atoms with E-state index in [0.29, 0.717) is 16.0 Å². The van der Waals surface area contributed by atoms with Gasteiger partial charge in [0.25, 0.3) is 0 Å². The number of carboxylic acids is 1. The SMILES string of the molecule is Cc1cc(C=CC(=O)O)ccc1Oc1ccc(F)cc1Br. The Labute approximate surface area is 129 Å². The Hall–Kier alpha value is -2.14. The molecule has 2 aromatic rings. The zero-order valence-corrected chi connectivity index (χ0v) is 12.7. The van der Waals surface area contributed by atoms with Gasteiger partial charge in [-0.25, -0.2) is 9.18 Å². The maximum Gasteiger partial charge on any atom is 0.328 e. The molecule has 5 heteroatoms. The molecular weight excluding hydrogens is 339 g/mol. The van der Waals surface area contributed by atoms with Crippen molar-refractivity contribution in [2.24, 2.45) is 0 Å². The average molecular weight is 351 g/mol. The number of benzene rings is 2. The fourth-order valence-corrected chi connectivity index (χ4v) is 2.17. The molecule has 0 unspecified atom stereocenters. The van der Waals surface area contributed by atoms with Crippen LogP contribution in [0.4, 0.5) is 4.39 Å². The number of carboxylic acid groups (broad SMARTS) is 1. The molecule has 2 aromatic carbocycles. The second kappa shape index (κ2) is 6.54. The van der Waals surface area contributed by atoms with Crippen molar-refractivity contribution in [3.8, 4) is 11.5 Å².